The number of H-pyrrole nitrogens is 1. The van der Waals surface area contributed by atoms with Gasteiger partial charge in [-0.2, -0.15) is 5.10 Å². The summed E-state index contributed by atoms with van der Waals surface area (Å²) in [4.78, 5) is 35.9. The smallest absolute Gasteiger partial charge is 0.339 e. The van der Waals surface area contributed by atoms with Gasteiger partial charge in [-0.25, -0.2) is 4.79 Å². The molecule has 3 aromatic rings. The molecule has 0 bridgehead atoms. The van der Waals surface area contributed by atoms with E-state index < -0.39 is 17.8 Å². The molecule has 0 aliphatic carbocycles. The van der Waals surface area contributed by atoms with Gasteiger partial charge in [0.15, 0.2) is 0 Å². The molecule has 1 heterocycles. The van der Waals surface area contributed by atoms with Gasteiger partial charge in [-0.05, 0) is 30.3 Å². The number of anilines is 2. The summed E-state index contributed by atoms with van der Waals surface area (Å²) in [6.07, 6.45) is 1.65. The standard InChI is InChI=1S/C17H14N4O4/c1-25-17(24)12-4-2-3-5-13(12)20-16(23)15(22)19-11-7-6-10-9-18-21-14(10)8-11/h2-9H,1H3,(H,18,21)(H,19,22)(H,20,23). The Bertz CT molecular complexity index is 964. The normalized spacial score (nSPS) is 10.3. The number of rotatable bonds is 3. The van der Waals surface area contributed by atoms with E-state index >= 15 is 0 Å². The van der Waals surface area contributed by atoms with E-state index in [0.29, 0.717) is 5.69 Å². The molecule has 2 aromatic carbocycles. The molecule has 2 amide bonds. The number of ether oxygens (including phenoxy) is 1. The number of esters is 1. The average molecular weight is 338 g/mol. The van der Waals surface area contributed by atoms with Gasteiger partial charge in [0.2, 0.25) is 0 Å². The van der Waals surface area contributed by atoms with Crippen LogP contribution < -0.4 is 10.6 Å². The zero-order valence-corrected chi connectivity index (χ0v) is 13.2. The van der Waals surface area contributed by atoms with Crippen LogP contribution in [0.2, 0.25) is 0 Å². The minimum atomic E-state index is -0.902. The van der Waals surface area contributed by atoms with E-state index in [-0.39, 0.29) is 11.3 Å². The molecular formula is C17H14N4O4. The van der Waals surface area contributed by atoms with Crippen molar-refractivity contribution >= 4 is 40.1 Å². The Labute approximate surface area is 142 Å². The number of nitrogens with one attached hydrogen (secondary N) is 3. The summed E-state index contributed by atoms with van der Waals surface area (Å²) in [5.74, 6) is -2.37. The Morgan fingerprint density at radius 1 is 1.04 bits per heavy atom. The van der Waals surface area contributed by atoms with Crippen molar-refractivity contribution in [1.82, 2.24) is 10.2 Å². The first-order valence-electron chi connectivity index (χ1n) is 7.31. The number of nitrogens with zero attached hydrogens (tertiary/aromatic N) is 1. The number of hydrogen-bond donors (Lipinski definition) is 3. The topological polar surface area (TPSA) is 113 Å². The first-order valence-corrected chi connectivity index (χ1v) is 7.31. The van der Waals surface area contributed by atoms with Gasteiger partial charge in [0.05, 0.1) is 30.1 Å². The van der Waals surface area contributed by atoms with Crippen LogP contribution in [0.4, 0.5) is 11.4 Å². The largest absolute Gasteiger partial charge is 0.465 e. The summed E-state index contributed by atoms with van der Waals surface area (Å²) in [5.41, 5.74) is 1.52. The first-order chi connectivity index (χ1) is 12.1. The number of para-hydroxylation sites is 1. The van der Waals surface area contributed by atoms with Gasteiger partial charge in [0.25, 0.3) is 0 Å². The van der Waals surface area contributed by atoms with Gasteiger partial charge >= 0.3 is 17.8 Å². The highest BCUT2D eigenvalue weighted by atomic mass is 16.5. The van der Waals surface area contributed by atoms with Crippen molar-refractivity contribution in [2.45, 2.75) is 0 Å². The van der Waals surface area contributed by atoms with E-state index in [1.54, 1.807) is 36.5 Å². The number of hydrogen-bond acceptors (Lipinski definition) is 5. The van der Waals surface area contributed by atoms with Crippen LogP contribution in [0, 0.1) is 0 Å². The number of methoxy groups -OCH3 is 1. The molecule has 0 aliphatic rings. The molecule has 0 spiro atoms. The molecule has 126 valence electrons. The third-order valence-corrected chi connectivity index (χ3v) is 3.49. The average Bonchev–Trinajstić information content (AvgIpc) is 3.09. The summed E-state index contributed by atoms with van der Waals surface area (Å²) >= 11 is 0. The Kier molecular flexibility index (Phi) is 4.42. The van der Waals surface area contributed by atoms with Gasteiger partial charge in [-0.1, -0.05) is 12.1 Å². The van der Waals surface area contributed by atoms with Gasteiger partial charge < -0.3 is 15.4 Å². The number of carbonyl (C=O) groups is 3. The van der Waals surface area contributed by atoms with Crippen LogP contribution in [-0.2, 0) is 14.3 Å². The van der Waals surface area contributed by atoms with Gasteiger partial charge in [0, 0.05) is 11.1 Å². The molecule has 8 heteroatoms. The lowest BCUT2D eigenvalue weighted by Gasteiger charge is -2.09. The first kappa shape index (κ1) is 16.2. The van der Waals surface area contributed by atoms with Crippen molar-refractivity contribution in [3.05, 3.63) is 54.2 Å². The fourth-order valence-electron chi connectivity index (χ4n) is 2.26. The van der Waals surface area contributed by atoms with Crippen LogP contribution >= 0.6 is 0 Å². The predicted molar refractivity (Wildman–Crippen MR) is 91.1 cm³/mol. The van der Waals surface area contributed by atoms with E-state index in [1.807, 2.05) is 0 Å². The Morgan fingerprint density at radius 2 is 1.80 bits per heavy atom. The van der Waals surface area contributed by atoms with Crippen LogP contribution in [0.3, 0.4) is 0 Å². The molecule has 3 rings (SSSR count). The van der Waals surface area contributed by atoms with E-state index in [4.69, 9.17) is 0 Å². The summed E-state index contributed by atoms with van der Waals surface area (Å²) in [5, 5.41) is 12.4. The third-order valence-electron chi connectivity index (χ3n) is 3.49. The second kappa shape index (κ2) is 6.83. The lowest BCUT2D eigenvalue weighted by molar-refractivity contribution is -0.133. The van der Waals surface area contributed by atoms with E-state index in [1.165, 1.54) is 19.2 Å². The summed E-state index contributed by atoms with van der Waals surface area (Å²) in [6, 6.07) is 11.3. The van der Waals surface area contributed by atoms with Crippen LogP contribution in [0.1, 0.15) is 10.4 Å². The highest BCUT2D eigenvalue weighted by molar-refractivity contribution is 6.44. The molecule has 0 unspecified atom stereocenters. The number of aromatic nitrogens is 2. The molecule has 0 fully saturated rings. The zero-order chi connectivity index (χ0) is 17.8. The maximum Gasteiger partial charge on any atom is 0.339 e. The highest BCUT2D eigenvalue weighted by Gasteiger charge is 2.18. The number of benzene rings is 2. The molecule has 25 heavy (non-hydrogen) atoms. The van der Waals surface area contributed by atoms with Gasteiger partial charge in [0.1, 0.15) is 0 Å². The molecule has 0 radical (unpaired) electrons. The second-order valence-corrected chi connectivity index (χ2v) is 5.12. The molecule has 1 aromatic heterocycles. The fourth-order valence-corrected chi connectivity index (χ4v) is 2.26. The van der Waals surface area contributed by atoms with Crippen molar-refractivity contribution in [2.24, 2.45) is 0 Å². The molecule has 0 saturated carbocycles. The van der Waals surface area contributed by atoms with Gasteiger partial charge in [-0.3, -0.25) is 14.7 Å². The number of carbonyl (C=O) groups excluding carboxylic acids is 3. The highest BCUT2D eigenvalue weighted by Crippen LogP contribution is 2.18. The maximum atomic E-state index is 12.1. The lowest BCUT2D eigenvalue weighted by atomic mass is 10.2. The lowest BCUT2D eigenvalue weighted by Crippen LogP contribution is -2.29. The van der Waals surface area contributed by atoms with Crippen molar-refractivity contribution in [3.63, 3.8) is 0 Å². The summed E-state index contributed by atoms with van der Waals surface area (Å²) in [7, 11) is 1.24. The summed E-state index contributed by atoms with van der Waals surface area (Å²) in [6.45, 7) is 0. The Hall–Kier alpha value is -3.68. The quantitative estimate of drug-likeness (QED) is 0.499. The van der Waals surface area contributed by atoms with E-state index in [9.17, 15) is 14.4 Å². The maximum absolute atomic E-state index is 12.1. The van der Waals surface area contributed by atoms with Crippen LogP contribution in [0.5, 0.6) is 0 Å². The second-order valence-electron chi connectivity index (χ2n) is 5.12. The fraction of sp³-hybridized carbons (Fsp3) is 0.0588. The molecule has 0 saturated heterocycles. The molecule has 0 aliphatic heterocycles. The molecule has 3 N–H and O–H groups in total. The van der Waals surface area contributed by atoms with Gasteiger partial charge in [-0.15, -0.1) is 0 Å². The van der Waals surface area contributed by atoms with E-state index in [2.05, 4.69) is 25.6 Å². The predicted octanol–water partition coefficient (Wildman–Crippen LogP) is 1.93. The summed E-state index contributed by atoms with van der Waals surface area (Å²) < 4.78 is 4.65. The minimum Gasteiger partial charge on any atom is -0.465 e. The van der Waals surface area contributed by atoms with Crippen molar-refractivity contribution in [3.8, 4) is 0 Å². The Balaban J connectivity index is 1.73. The zero-order valence-electron chi connectivity index (χ0n) is 13.2. The minimum absolute atomic E-state index is 0.157. The SMILES string of the molecule is COC(=O)c1ccccc1NC(=O)C(=O)Nc1ccc2cn[nH]c2c1. The third kappa shape index (κ3) is 3.47. The van der Waals surface area contributed by atoms with E-state index in [0.717, 1.165) is 10.9 Å². The van der Waals surface area contributed by atoms with Crippen LogP contribution in [-0.4, -0.2) is 35.1 Å². The van der Waals surface area contributed by atoms with Crippen LogP contribution in [0.25, 0.3) is 10.9 Å². The Morgan fingerprint density at radius 3 is 2.60 bits per heavy atom. The number of aromatic amines is 1. The molecular weight excluding hydrogens is 324 g/mol. The number of fused-ring (bicyclic) bond motifs is 1. The number of amides is 2. The monoisotopic (exact) mass is 338 g/mol. The van der Waals surface area contributed by atoms with Crippen molar-refractivity contribution < 1.29 is 19.1 Å². The van der Waals surface area contributed by atoms with Crippen LogP contribution in [0.15, 0.2) is 48.7 Å². The van der Waals surface area contributed by atoms with Crippen molar-refractivity contribution in [1.29, 1.82) is 0 Å². The van der Waals surface area contributed by atoms with Crippen molar-refractivity contribution in [2.75, 3.05) is 17.7 Å². The molecule has 0 atom stereocenters. The molecule has 8 nitrogen and oxygen atoms in total.